The summed E-state index contributed by atoms with van der Waals surface area (Å²) < 4.78 is 53.7. The molecule has 0 aliphatic heterocycles. The summed E-state index contributed by atoms with van der Waals surface area (Å²) in [5.74, 6) is -1.86. The molecule has 30 heavy (non-hydrogen) atoms. The second kappa shape index (κ2) is 8.30. The Morgan fingerprint density at radius 3 is 2.37 bits per heavy atom. The molecule has 0 saturated carbocycles. The average molecular weight is 419 g/mol. The summed E-state index contributed by atoms with van der Waals surface area (Å²) in [7, 11) is 0. The molecule has 1 amide bonds. The number of anilines is 1. The lowest BCUT2D eigenvalue weighted by Gasteiger charge is -2.35. The molecule has 0 unspecified atom stereocenters. The topological polar surface area (TPSA) is 54.0 Å². The van der Waals surface area contributed by atoms with Gasteiger partial charge < -0.3 is 10.6 Å². The van der Waals surface area contributed by atoms with Crippen LogP contribution in [0.5, 0.6) is 0 Å². The number of pyridine rings is 1. The lowest BCUT2D eigenvalue weighted by Crippen LogP contribution is -2.53. The predicted molar refractivity (Wildman–Crippen MR) is 108 cm³/mol. The van der Waals surface area contributed by atoms with Gasteiger partial charge in [-0.05, 0) is 30.4 Å². The minimum atomic E-state index is -4.82. The van der Waals surface area contributed by atoms with Crippen molar-refractivity contribution >= 4 is 22.4 Å². The lowest BCUT2D eigenvalue weighted by molar-refractivity contribution is -0.139. The predicted octanol–water partition coefficient (Wildman–Crippen LogP) is 5.75. The zero-order valence-corrected chi connectivity index (χ0v) is 16.5. The molecule has 4 nitrogen and oxygen atoms in total. The number of alkyl halides is 3. The molecule has 0 atom stereocenters. The molecule has 3 aromatic rings. The van der Waals surface area contributed by atoms with E-state index in [1.54, 1.807) is 32.2 Å². The van der Waals surface area contributed by atoms with E-state index in [0.29, 0.717) is 29.9 Å². The highest BCUT2D eigenvalue weighted by molar-refractivity contribution is 6.06. The number of benzene rings is 2. The third-order valence-electron chi connectivity index (χ3n) is 5.15. The van der Waals surface area contributed by atoms with E-state index in [4.69, 9.17) is 0 Å². The Hall–Kier alpha value is -3.16. The van der Waals surface area contributed by atoms with Gasteiger partial charge in [-0.25, -0.2) is 4.39 Å². The van der Waals surface area contributed by atoms with E-state index in [1.807, 2.05) is 12.1 Å². The van der Waals surface area contributed by atoms with Gasteiger partial charge in [0.1, 0.15) is 5.66 Å². The number of rotatable bonds is 6. The average Bonchev–Trinajstić information content (AvgIpc) is 2.73. The van der Waals surface area contributed by atoms with Crippen LogP contribution in [-0.4, -0.2) is 16.6 Å². The maximum Gasteiger partial charge on any atom is 0.419 e. The lowest BCUT2D eigenvalue weighted by atomic mass is 10.0. The first-order chi connectivity index (χ1) is 14.2. The molecule has 1 aromatic heterocycles. The first-order valence-electron chi connectivity index (χ1n) is 9.50. The first kappa shape index (κ1) is 21.5. The Bertz CT molecular complexity index is 1060. The minimum absolute atomic E-state index is 0.309. The van der Waals surface area contributed by atoms with Crippen LogP contribution in [0.3, 0.4) is 0 Å². The van der Waals surface area contributed by atoms with Crippen LogP contribution >= 0.6 is 0 Å². The highest BCUT2D eigenvalue weighted by Gasteiger charge is 2.36. The van der Waals surface area contributed by atoms with Crippen molar-refractivity contribution in [3.05, 3.63) is 71.8 Å². The van der Waals surface area contributed by atoms with Crippen LogP contribution in [0.2, 0.25) is 0 Å². The van der Waals surface area contributed by atoms with Gasteiger partial charge in [-0.1, -0.05) is 44.2 Å². The molecule has 158 valence electrons. The maximum absolute atomic E-state index is 14.5. The van der Waals surface area contributed by atoms with Gasteiger partial charge >= 0.3 is 6.18 Å². The summed E-state index contributed by atoms with van der Waals surface area (Å²) in [6.07, 6.45) is -1.14. The Labute approximate surface area is 171 Å². The van der Waals surface area contributed by atoms with Crippen LogP contribution in [0.15, 0.2) is 54.9 Å². The van der Waals surface area contributed by atoms with Crippen molar-refractivity contribution in [1.82, 2.24) is 10.3 Å². The van der Waals surface area contributed by atoms with Crippen molar-refractivity contribution in [2.75, 3.05) is 5.32 Å². The molecule has 0 aliphatic rings. The molecular formula is C22H21F4N3O. The number of fused-ring (bicyclic) bond motifs is 1. The summed E-state index contributed by atoms with van der Waals surface area (Å²) in [6, 6.07) is 10.2. The number of nitrogens with zero attached hydrogens (tertiary/aromatic N) is 1. The summed E-state index contributed by atoms with van der Waals surface area (Å²) >= 11 is 0. The quantitative estimate of drug-likeness (QED) is 0.395. The molecule has 1 heterocycles. The molecule has 2 N–H and O–H groups in total. The Balaban J connectivity index is 1.95. The maximum atomic E-state index is 14.5. The van der Waals surface area contributed by atoms with E-state index < -0.39 is 29.1 Å². The van der Waals surface area contributed by atoms with Gasteiger partial charge in [0.15, 0.2) is 5.82 Å². The zero-order chi connectivity index (χ0) is 21.9. The number of hydrogen-bond acceptors (Lipinski definition) is 3. The van der Waals surface area contributed by atoms with Gasteiger partial charge in [-0.15, -0.1) is 0 Å². The van der Waals surface area contributed by atoms with E-state index in [1.165, 1.54) is 12.3 Å². The number of carbonyl (C=O) groups is 1. The van der Waals surface area contributed by atoms with Gasteiger partial charge in [0, 0.05) is 17.8 Å². The summed E-state index contributed by atoms with van der Waals surface area (Å²) in [6.45, 7) is 3.51. The Morgan fingerprint density at radius 2 is 1.70 bits per heavy atom. The normalized spacial score (nSPS) is 12.1. The monoisotopic (exact) mass is 419 g/mol. The van der Waals surface area contributed by atoms with E-state index >= 15 is 0 Å². The SMILES string of the molecule is CCC(CC)(NC(=O)c1cncc2ccccc12)Nc1cccc(C(F)(F)F)c1F. The molecular weight excluding hydrogens is 398 g/mol. The second-order valence-corrected chi connectivity index (χ2v) is 6.94. The Morgan fingerprint density at radius 1 is 1.00 bits per heavy atom. The van der Waals surface area contributed by atoms with Gasteiger partial charge in [0.25, 0.3) is 5.91 Å². The van der Waals surface area contributed by atoms with E-state index in [0.717, 1.165) is 11.5 Å². The second-order valence-electron chi connectivity index (χ2n) is 6.94. The largest absolute Gasteiger partial charge is 0.419 e. The van der Waals surface area contributed by atoms with Crippen LogP contribution in [0, 0.1) is 5.82 Å². The molecule has 0 radical (unpaired) electrons. The molecule has 8 heteroatoms. The van der Waals surface area contributed by atoms with Crippen molar-refractivity contribution in [1.29, 1.82) is 0 Å². The number of nitrogens with one attached hydrogen (secondary N) is 2. The van der Waals surface area contributed by atoms with Gasteiger partial charge in [0.2, 0.25) is 0 Å². The zero-order valence-electron chi connectivity index (χ0n) is 16.5. The summed E-state index contributed by atoms with van der Waals surface area (Å²) in [4.78, 5) is 17.1. The van der Waals surface area contributed by atoms with Crippen LogP contribution in [0.1, 0.15) is 42.6 Å². The third kappa shape index (κ3) is 4.22. The van der Waals surface area contributed by atoms with Crippen LogP contribution in [-0.2, 0) is 6.18 Å². The molecule has 0 bridgehead atoms. The van der Waals surface area contributed by atoms with Crippen LogP contribution in [0.4, 0.5) is 23.2 Å². The van der Waals surface area contributed by atoms with Crippen molar-refractivity contribution in [3.63, 3.8) is 0 Å². The molecule has 0 aliphatic carbocycles. The van der Waals surface area contributed by atoms with E-state index in [2.05, 4.69) is 15.6 Å². The molecule has 0 spiro atoms. The van der Waals surface area contributed by atoms with Crippen molar-refractivity contribution in [3.8, 4) is 0 Å². The molecule has 3 rings (SSSR count). The van der Waals surface area contributed by atoms with Crippen molar-refractivity contribution < 1.29 is 22.4 Å². The van der Waals surface area contributed by atoms with Gasteiger partial charge in [-0.2, -0.15) is 13.2 Å². The van der Waals surface area contributed by atoms with Crippen LogP contribution in [0.25, 0.3) is 10.8 Å². The molecule has 2 aromatic carbocycles. The number of hydrogen-bond donors (Lipinski definition) is 2. The van der Waals surface area contributed by atoms with Gasteiger partial charge in [0.05, 0.1) is 16.8 Å². The van der Waals surface area contributed by atoms with Crippen molar-refractivity contribution in [2.24, 2.45) is 0 Å². The Kier molecular flexibility index (Phi) is 5.96. The van der Waals surface area contributed by atoms with Crippen molar-refractivity contribution in [2.45, 2.75) is 38.5 Å². The smallest absolute Gasteiger partial charge is 0.360 e. The first-order valence-corrected chi connectivity index (χ1v) is 9.50. The molecule has 0 saturated heterocycles. The molecule has 0 fully saturated rings. The fourth-order valence-corrected chi connectivity index (χ4v) is 3.32. The highest BCUT2D eigenvalue weighted by Crippen LogP contribution is 2.35. The minimum Gasteiger partial charge on any atom is -0.360 e. The summed E-state index contributed by atoms with van der Waals surface area (Å²) in [5, 5.41) is 7.10. The summed E-state index contributed by atoms with van der Waals surface area (Å²) in [5.41, 5.74) is -2.52. The van der Waals surface area contributed by atoms with Crippen LogP contribution < -0.4 is 10.6 Å². The number of aromatic nitrogens is 1. The number of amides is 1. The fraction of sp³-hybridized carbons (Fsp3) is 0.273. The third-order valence-corrected chi connectivity index (χ3v) is 5.15. The van der Waals surface area contributed by atoms with Gasteiger partial charge in [-0.3, -0.25) is 9.78 Å². The fourth-order valence-electron chi connectivity index (χ4n) is 3.32. The van der Waals surface area contributed by atoms with E-state index in [9.17, 15) is 22.4 Å². The number of halogens is 4. The number of carbonyl (C=O) groups excluding carboxylic acids is 1. The highest BCUT2D eigenvalue weighted by atomic mass is 19.4. The standard InChI is InChI=1S/C22H21F4N3O/c1-3-21(4-2,28-18-11-7-10-17(19(18)23)22(24,25)26)29-20(30)16-13-27-12-14-8-5-6-9-15(14)16/h5-13,28H,3-4H2,1-2H3,(H,29,30). The van der Waals surface area contributed by atoms with E-state index in [-0.39, 0.29) is 5.69 Å².